The van der Waals surface area contributed by atoms with Crippen molar-refractivity contribution < 1.29 is 35.5 Å². The summed E-state index contributed by atoms with van der Waals surface area (Å²) >= 11 is 0. The van der Waals surface area contributed by atoms with Crippen molar-refractivity contribution in [1.82, 2.24) is 0 Å². The van der Waals surface area contributed by atoms with Gasteiger partial charge < -0.3 is 14.8 Å². The predicted molar refractivity (Wildman–Crippen MR) is 155 cm³/mol. The van der Waals surface area contributed by atoms with E-state index in [0.717, 1.165) is 22.0 Å². The van der Waals surface area contributed by atoms with E-state index in [-0.39, 0.29) is 33.5 Å². The summed E-state index contributed by atoms with van der Waals surface area (Å²) < 4.78 is 80.9. The van der Waals surface area contributed by atoms with Crippen LogP contribution in [0, 0.1) is 12.7 Å². The van der Waals surface area contributed by atoms with Crippen LogP contribution in [0.5, 0.6) is 11.5 Å². The van der Waals surface area contributed by atoms with E-state index >= 15 is 0 Å². The number of carbonyl (C=O) groups is 1. The summed E-state index contributed by atoms with van der Waals surface area (Å²) in [5.41, 5.74) is 1.60. The van der Waals surface area contributed by atoms with Gasteiger partial charge in [0.2, 0.25) is 5.91 Å². The van der Waals surface area contributed by atoms with Crippen molar-refractivity contribution in [3.8, 4) is 11.5 Å². The highest BCUT2D eigenvalue weighted by Crippen LogP contribution is 2.34. The molecule has 1 aliphatic heterocycles. The highest BCUT2D eigenvalue weighted by atomic mass is 32.2. The first-order valence-electron chi connectivity index (χ1n) is 12.7. The van der Waals surface area contributed by atoms with Crippen LogP contribution < -0.4 is 23.8 Å². The largest absolute Gasteiger partial charge is 0.486 e. The summed E-state index contributed by atoms with van der Waals surface area (Å²) in [5.74, 6) is -0.649. The molecule has 10 nitrogen and oxygen atoms in total. The molecule has 0 aliphatic carbocycles. The lowest BCUT2D eigenvalue weighted by atomic mass is 10.2. The topological polar surface area (TPSA) is 131 Å². The zero-order chi connectivity index (χ0) is 29.9. The second-order valence-electron chi connectivity index (χ2n) is 9.34. The quantitative estimate of drug-likeness (QED) is 0.284. The molecule has 0 unspecified atom stereocenters. The number of rotatable bonds is 9. The normalized spacial score (nSPS) is 12.8. The first-order valence-corrected chi connectivity index (χ1v) is 15.6. The van der Waals surface area contributed by atoms with Gasteiger partial charge in [0.1, 0.15) is 25.6 Å². The minimum atomic E-state index is -4.32. The molecular formula is C29H26FN3O7S2. The summed E-state index contributed by atoms with van der Waals surface area (Å²) in [4.78, 5) is 12.9. The molecule has 4 aromatic carbocycles. The molecule has 1 aliphatic rings. The van der Waals surface area contributed by atoms with Crippen LogP contribution in [-0.2, 0) is 24.8 Å². The molecule has 13 heteroatoms. The Bertz CT molecular complexity index is 1830. The van der Waals surface area contributed by atoms with Crippen molar-refractivity contribution in [2.24, 2.45) is 0 Å². The van der Waals surface area contributed by atoms with E-state index in [9.17, 15) is 26.0 Å². The lowest BCUT2D eigenvalue weighted by Gasteiger charge is -2.25. The Morgan fingerprint density at radius 2 is 1.48 bits per heavy atom. The van der Waals surface area contributed by atoms with E-state index in [1.54, 1.807) is 18.2 Å². The third-order valence-electron chi connectivity index (χ3n) is 6.22. The van der Waals surface area contributed by atoms with Crippen molar-refractivity contribution >= 4 is 43.0 Å². The first-order chi connectivity index (χ1) is 20.0. The van der Waals surface area contributed by atoms with Crippen LogP contribution >= 0.6 is 0 Å². The van der Waals surface area contributed by atoms with Crippen molar-refractivity contribution in [2.75, 3.05) is 34.1 Å². The molecule has 0 radical (unpaired) electrons. The Labute approximate surface area is 242 Å². The van der Waals surface area contributed by atoms with Crippen LogP contribution in [0.15, 0.2) is 101 Å². The summed E-state index contributed by atoms with van der Waals surface area (Å²) in [6.07, 6.45) is 0. The molecule has 0 saturated carbocycles. The number of hydrogen-bond donors (Lipinski definition) is 2. The Kier molecular flexibility index (Phi) is 8.05. The van der Waals surface area contributed by atoms with Crippen LogP contribution in [-0.4, -0.2) is 42.5 Å². The van der Waals surface area contributed by atoms with Gasteiger partial charge in [-0.3, -0.25) is 13.8 Å². The van der Waals surface area contributed by atoms with Gasteiger partial charge in [-0.1, -0.05) is 12.1 Å². The first kappa shape index (κ1) is 28.9. The standard InChI is InChI=1S/C29H26FN3O7S2/c1-20-3-2-4-23(17-20)32-41(35,36)25-11-7-22(8-12-25)31-29(34)19-33(24-9-5-21(30)6-10-24)42(37,38)26-13-14-27-28(18-26)40-16-15-39-27/h2-14,17-18,32H,15-16,19H2,1H3,(H,31,34). The molecule has 1 heterocycles. The van der Waals surface area contributed by atoms with Crippen LogP contribution in [0.3, 0.4) is 0 Å². The summed E-state index contributed by atoms with van der Waals surface area (Å²) in [7, 11) is -8.21. The van der Waals surface area contributed by atoms with E-state index < -0.39 is 38.3 Å². The minimum absolute atomic E-state index is 0.0314. The average Bonchev–Trinajstić information content (AvgIpc) is 2.96. The minimum Gasteiger partial charge on any atom is -0.486 e. The van der Waals surface area contributed by atoms with Crippen LogP contribution in [0.1, 0.15) is 5.56 Å². The van der Waals surface area contributed by atoms with Gasteiger partial charge in [0.15, 0.2) is 11.5 Å². The van der Waals surface area contributed by atoms with Crippen LogP contribution in [0.4, 0.5) is 21.5 Å². The van der Waals surface area contributed by atoms with Gasteiger partial charge in [-0.25, -0.2) is 21.2 Å². The molecule has 0 spiro atoms. The number of fused-ring (bicyclic) bond motifs is 1. The molecule has 42 heavy (non-hydrogen) atoms. The molecular weight excluding hydrogens is 585 g/mol. The van der Waals surface area contributed by atoms with Gasteiger partial charge >= 0.3 is 0 Å². The summed E-state index contributed by atoms with van der Waals surface area (Å²) in [5, 5.41) is 2.58. The summed E-state index contributed by atoms with van der Waals surface area (Å²) in [6.45, 7) is 1.77. The number of nitrogens with one attached hydrogen (secondary N) is 2. The lowest BCUT2D eigenvalue weighted by molar-refractivity contribution is -0.114. The molecule has 0 atom stereocenters. The summed E-state index contributed by atoms with van der Waals surface area (Å²) in [6, 6.07) is 21.1. The molecule has 2 N–H and O–H groups in total. The number of ether oxygens (including phenoxy) is 2. The monoisotopic (exact) mass is 611 g/mol. The Morgan fingerprint density at radius 1 is 0.810 bits per heavy atom. The maximum absolute atomic E-state index is 13.7. The SMILES string of the molecule is Cc1cccc(NS(=O)(=O)c2ccc(NC(=O)CN(c3ccc(F)cc3)S(=O)(=O)c3ccc4c(c3)OCCO4)cc2)c1. The van der Waals surface area contributed by atoms with Gasteiger partial charge in [0.05, 0.1) is 15.5 Å². The Balaban J connectivity index is 1.35. The van der Waals surface area contributed by atoms with Gasteiger partial charge in [0.25, 0.3) is 20.0 Å². The zero-order valence-corrected chi connectivity index (χ0v) is 23.9. The third kappa shape index (κ3) is 6.47. The molecule has 0 aromatic heterocycles. The molecule has 0 saturated heterocycles. The fourth-order valence-electron chi connectivity index (χ4n) is 4.20. The highest BCUT2D eigenvalue weighted by molar-refractivity contribution is 7.93. The van der Waals surface area contributed by atoms with E-state index in [4.69, 9.17) is 9.47 Å². The molecule has 0 fully saturated rings. The smallest absolute Gasteiger partial charge is 0.264 e. The maximum atomic E-state index is 13.7. The van der Waals surface area contributed by atoms with E-state index in [0.29, 0.717) is 18.0 Å². The molecule has 218 valence electrons. The van der Waals surface area contributed by atoms with Gasteiger partial charge in [0, 0.05) is 17.4 Å². The molecule has 5 rings (SSSR count). The predicted octanol–water partition coefficient (Wildman–Crippen LogP) is 4.54. The van der Waals surface area contributed by atoms with Crippen LogP contribution in [0.25, 0.3) is 0 Å². The number of nitrogens with zero attached hydrogens (tertiary/aromatic N) is 1. The second-order valence-corrected chi connectivity index (χ2v) is 12.9. The van der Waals surface area contributed by atoms with Gasteiger partial charge in [-0.15, -0.1) is 0 Å². The van der Waals surface area contributed by atoms with E-state index in [1.807, 2.05) is 13.0 Å². The van der Waals surface area contributed by atoms with Crippen molar-refractivity contribution in [3.05, 3.63) is 102 Å². The number of benzene rings is 4. The lowest BCUT2D eigenvalue weighted by Crippen LogP contribution is -2.38. The number of sulfonamides is 2. The van der Waals surface area contributed by atoms with Crippen molar-refractivity contribution in [3.63, 3.8) is 0 Å². The zero-order valence-electron chi connectivity index (χ0n) is 22.3. The van der Waals surface area contributed by atoms with Gasteiger partial charge in [-0.05, 0) is 85.3 Å². The number of amides is 1. The average molecular weight is 612 g/mol. The number of halogens is 1. The molecule has 0 bridgehead atoms. The maximum Gasteiger partial charge on any atom is 0.264 e. The van der Waals surface area contributed by atoms with E-state index in [1.165, 1.54) is 54.6 Å². The fraction of sp³-hybridized carbons (Fsp3) is 0.138. The third-order valence-corrected chi connectivity index (χ3v) is 9.39. The van der Waals surface area contributed by atoms with E-state index in [2.05, 4.69) is 10.0 Å². The molecule has 1 amide bonds. The number of hydrogen-bond acceptors (Lipinski definition) is 7. The molecule has 4 aromatic rings. The fourth-order valence-corrected chi connectivity index (χ4v) is 6.69. The van der Waals surface area contributed by atoms with Crippen molar-refractivity contribution in [2.45, 2.75) is 16.7 Å². The second kappa shape index (κ2) is 11.7. The highest BCUT2D eigenvalue weighted by Gasteiger charge is 2.29. The van der Waals surface area contributed by atoms with Gasteiger partial charge in [-0.2, -0.15) is 0 Å². The number of anilines is 3. The number of aryl methyl sites for hydroxylation is 1. The van der Waals surface area contributed by atoms with Crippen LogP contribution in [0.2, 0.25) is 0 Å². The Hall–Kier alpha value is -4.62. The number of carbonyl (C=O) groups excluding carboxylic acids is 1. The van der Waals surface area contributed by atoms with Crippen molar-refractivity contribution in [1.29, 1.82) is 0 Å². The Morgan fingerprint density at radius 3 is 2.17 bits per heavy atom.